The lowest BCUT2D eigenvalue weighted by Crippen LogP contribution is -2.26. The predicted octanol–water partition coefficient (Wildman–Crippen LogP) is 3.23. The van der Waals surface area contributed by atoms with E-state index in [4.69, 9.17) is 5.73 Å². The normalized spacial score (nSPS) is 14.8. The van der Waals surface area contributed by atoms with Crippen LogP contribution in [0.4, 0.5) is 33.3 Å². The Kier molecular flexibility index (Phi) is 4.92. The first-order valence-electron chi connectivity index (χ1n) is 8.14. The first kappa shape index (κ1) is 16.9. The third kappa shape index (κ3) is 3.76. The van der Waals surface area contributed by atoms with Gasteiger partial charge in [0.15, 0.2) is 0 Å². The molecule has 1 aliphatic rings. The second kappa shape index (κ2) is 7.29. The van der Waals surface area contributed by atoms with Crippen LogP contribution < -0.4 is 16.0 Å². The summed E-state index contributed by atoms with van der Waals surface area (Å²) in [6.07, 6.45) is 4.00. The van der Waals surface area contributed by atoms with Crippen LogP contribution in [0.15, 0.2) is 24.3 Å². The molecule has 132 valence electrons. The summed E-state index contributed by atoms with van der Waals surface area (Å²) in [5.74, 6) is -0.497. The van der Waals surface area contributed by atoms with Gasteiger partial charge in [0.1, 0.15) is 5.82 Å². The molecule has 8 nitrogen and oxygen atoms in total. The number of hydrogen-bond donors (Lipinski definition) is 2. The number of benzene rings is 1. The average Bonchev–Trinajstić information content (AvgIpc) is 2.85. The molecular formula is C16H19FN6O2. The molecule has 9 heteroatoms. The van der Waals surface area contributed by atoms with E-state index >= 15 is 0 Å². The van der Waals surface area contributed by atoms with Gasteiger partial charge in [0.05, 0.1) is 10.6 Å². The van der Waals surface area contributed by atoms with Crippen molar-refractivity contribution in [3.05, 3.63) is 40.2 Å². The number of hydrogen-bond acceptors (Lipinski definition) is 7. The lowest BCUT2D eigenvalue weighted by molar-refractivity contribution is -0.383. The Labute approximate surface area is 144 Å². The molecule has 0 bridgehead atoms. The van der Waals surface area contributed by atoms with Crippen LogP contribution in [0.1, 0.15) is 25.7 Å². The van der Waals surface area contributed by atoms with E-state index in [1.165, 1.54) is 12.1 Å². The van der Waals surface area contributed by atoms with Gasteiger partial charge >= 0.3 is 5.69 Å². The average molecular weight is 346 g/mol. The first-order valence-corrected chi connectivity index (χ1v) is 8.14. The van der Waals surface area contributed by atoms with Gasteiger partial charge in [0.25, 0.3) is 0 Å². The molecule has 2 aromatic rings. The molecule has 3 rings (SSSR count). The minimum absolute atomic E-state index is 0.0347. The van der Waals surface area contributed by atoms with Crippen LogP contribution in [0.3, 0.4) is 0 Å². The molecule has 1 fully saturated rings. The SMILES string of the molecule is Nc1nc(Nc2ccccc2F)nc(N2CCCCCC2)c1[N+](=O)[O-]. The van der Waals surface area contributed by atoms with Gasteiger partial charge in [0.2, 0.25) is 17.6 Å². The molecule has 0 saturated carbocycles. The predicted molar refractivity (Wildman–Crippen MR) is 93.5 cm³/mol. The van der Waals surface area contributed by atoms with Crippen molar-refractivity contribution in [3.63, 3.8) is 0 Å². The van der Waals surface area contributed by atoms with Crippen molar-refractivity contribution in [2.75, 3.05) is 29.0 Å². The van der Waals surface area contributed by atoms with Gasteiger partial charge in [-0.05, 0) is 25.0 Å². The quantitative estimate of drug-likeness (QED) is 0.646. The highest BCUT2D eigenvalue weighted by Gasteiger charge is 2.28. The van der Waals surface area contributed by atoms with Gasteiger partial charge in [-0.2, -0.15) is 9.97 Å². The van der Waals surface area contributed by atoms with Crippen LogP contribution in [-0.4, -0.2) is 28.0 Å². The highest BCUT2D eigenvalue weighted by Crippen LogP contribution is 2.34. The minimum Gasteiger partial charge on any atom is -0.378 e. The number of nitro groups is 1. The Balaban J connectivity index is 2.00. The molecular weight excluding hydrogens is 327 g/mol. The standard InChI is InChI=1S/C16H19FN6O2/c17-11-7-3-4-8-12(11)19-16-20-14(18)13(23(24)25)15(21-16)22-9-5-1-2-6-10-22/h3-4,7-8H,1-2,5-6,9-10H2,(H3,18,19,20,21). The third-order valence-corrected chi connectivity index (χ3v) is 4.10. The molecule has 0 spiro atoms. The number of rotatable bonds is 4. The largest absolute Gasteiger partial charge is 0.378 e. The molecule has 1 aliphatic heterocycles. The van der Waals surface area contributed by atoms with E-state index in [-0.39, 0.29) is 29.0 Å². The summed E-state index contributed by atoms with van der Waals surface area (Å²) in [5, 5.41) is 14.2. The molecule has 0 radical (unpaired) electrons. The minimum atomic E-state index is -0.567. The van der Waals surface area contributed by atoms with Crippen LogP contribution in [0.2, 0.25) is 0 Å². The number of halogens is 1. The van der Waals surface area contributed by atoms with E-state index in [2.05, 4.69) is 15.3 Å². The van der Waals surface area contributed by atoms with E-state index in [0.717, 1.165) is 25.7 Å². The van der Waals surface area contributed by atoms with Gasteiger partial charge in [-0.15, -0.1) is 0 Å². The van der Waals surface area contributed by atoms with Gasteiger partial charge in [0, 0.05) is 13.1 Å². The fraction of sp³-hybridized carbons (Fsp3) is 0.375. The van der Waals surface area contributed by atoms with E-state index in [9.17, 15) is 14.5 Å². The second-order valence-electron chi connectivity index (χ2n) is 5.87. The maximum absolute atomic E-state index is 13.8. The Bertz CT molecular complexity index is 777. The van der Waals surface area contributed by atoms with E-state index in [1.807, 2.05) is 4.90 Å². The number of nitrogens with zero attached hydrogens (tertiary/aromatic N) is 4. The van der Waals surface area contributed by atoms with Crippen molar-refractivity contribution in [2.24, 2.45) is 0 Å². The monoisotopic (exact) mass is 346 g/mol. The van der Waals surface area contributed by atoms with Crippen molar-refractivity contribution in [1.29, 1.82) is 0 Å². The van der Waals surface area contributed by atoms with Crippen LogP contribution in [0, 0.1) is 15.9 Å². The van der Waals surface area contributed by atoms with E-state index in [0.29, 0.717) is 13.1 Å². The number of nitrogen functional groups attached to an aromatic ring is 1. The molecule has 3 N–H and O–H groups in total. The van der Waals surface area contributed by atoms with Crippen molar-refractivity contribution in [2.45, 2.75) is 25.7 Å². The lowest BCUT2D eigenvalue weighted by Gasteiger charge is -2.22. The number of aromatic nitrogens is 2. The summed E-state index contributed by atoms with van der Waals surface area (Å²) < 4.78 is 13.8. The van der Waals surface area contributed by atoms with Gasteiger partial charge in [-0.1, -0.05) is 25.0 Å². The molecule has 0 atom stereocenters. The highest BCUT2D eigenvalue weighted by atomic mass is 19.1. The fourth-order valence-corrected chi connectivity index (χ4v) is 2.88. The molecule has 0 amide bonds. The Morgan fingerprint density at radius 2 is 1.84 bits per heavy atom. The van der Waals surface area contributed by atoms with Crippen LogP contribution in [-0.2, 0) is 0 Å². The summed E-state index contributed by atoms with van der Waals surface area (Å²) in [5.41, 5.74) is 5.68. The number of nitrogens with one attached hydrogen (secondary N) is 1. The first-order chi connectivity index (χ1) is 12.1. The highest BCUT2D eigenvalue weighted by molar-refractivity contribution is 5.72. The van der Waals surface area contributed by atoms with Gasteiger partial charge in [-0.3, -0.25) is 10.1 Å². The van der Waals surface area contributed by atoms with E-state index in [1.54, 1.807) is 12.1 Å². The Morgan fingerprint density at radius 3 is 2.48 bits per heavy atom. The van der Waals surface area contributed by atoms with Crippen LogP contribution in [0.5, 0.6) is 0 Å². The van der Waals surface area contributed by atoms with Crippen molar-refractivity contribution >= 4 is 29.0 Å². The molecule has 1 aromatic carbocycles. The Morgan fingerprint density at radius 1 is 1.16 bits per heavy atom. The molecule has 0 unspecified atom stereocenters. The maximum Gasteiger partial charge on any atom is 0.353 e. The summed E-state index contributed by atoms with van der Waals surface area (Å²) in [6.45, 7) is 1.33. The molecule has 1 saturated heterocycles. The Hall–Kier alpha value is -2.97. The lowest BCUT2D eigenvalue weighted by atomic mass is 10.2. The fourth-order valence-electron chi connectivity index (χ4n) is 2.88. The topological polar surface area (TPSA) is 110 Å². The maximum atomic E-state index is 13.8. The summed E-state index contributed by atoms with van der Waals surface area (Å²) in [4.78, 5) is 20.9. The van der Waals surface area contributed by atoms with Gasteiger partial charge < -0.3 is 16.0 Å². The molecule has 25 heavy (non-hydrogen) atoms. The summed E-state index contributed by atoms with van der Waals surface area (Å²) in [7, 11) is 0. The zero-order valence-electron chi connectivity index (χ0n) is 13.6. The van der Waals surface area contributed by atoms with Gasteiger partial charge in [-0.25, -0.2) is 4.39 Å². The van der Waals surface area contributed by atoms with Crippen molar-refractivity contribution in [3.8, 4) is 0 Å². The zero-order valence-corrected chi connectivity index (χ0v) is 13.6. The second-order valence-corrected chi connectivity index (χ2v) is 5.87. The van der Waals surface area contributed by atoms with Crippen LogP contribution >= 0.6 is 0 Å². The zero-order chi connectivity index (χ0) is 17.8. The van der Waals surface area contributed by atoms with Crippen molar-refractivity contribution in [1.82, 2.24) is 9.97 Å². The molecule has 2 heterocycles. The number of nitrogens with two attached hydrogens (primary N) is 1. The van der Waals surface area contributed by atoms with E-state index < -0.39 is 10.7 Å². The van der Waals surface area contributed by atoms with Crippen molar-refractivity contribution < 1.29 is 9.31 Å². The molecule has 0 aliphatic carbocycles. The summed E-state index contributed by atoms with van der Waals surface area (Å²) in [6, 6.07) is 6.05. The van der Waals surface area contributed by atoms with Crippen LogP contribution in [0.25, 0.3) is 0 Å². The number of para-hydroxylation sites is 1. The molecule has 1 aromatic heterocycles. The third-order valence-electron chi connectivity index (χ3n) is 4.10. The summed E-state index contributed by atoms with van der Waals surface area (Å²) >= 11 is 0. The number of anilines is 4. The smallest absolute Gasteiger partial charge is 0.353 e.